The molecular weight excluding hydrogens is 274 g/mol. The maximum atomic E-state index is 11.7. The molecule has 2 aromatic rings. The van der Waals surface area contributed by atoms with Gasteiger partial charge in [0.15, 0.2) is 6.26 Å². The van der Waals surface area contributed by atoms with Crippen molar-refractivity contribution in [2.75, 3.05) is 6.61 Å². The number of aromatic nitrogens is 1. The third kappa shape index (κ3) is 3.79. The molecule has 0 saturated carbocycles. The number of carbonyl (C=O) groups is 2. The summed E-state index contributed by atoms with van der Waals surface area (Å²) >= 11 is 0. The summed E-state index contributed by atoms with van der Waals surface area (Å²) < 4.78 is 15.0. The van der Waals surface area contributed by atoms with Crippen molar-refractivity contribution in [2.24, 2.45) is 0 Å². The molecule has 0 spiro atoms. The summed E-state index contributed by atoms with van der Waals surface area (Å²) in [5, 5.41) is 0. The van der Waals surface area contributed by atoms with Crippen LogP contribution in [0.1, 0.15) is 17.3 Å². The van der Waals surface area contributed by atoms with Gasteiger partial charge in [0.05, 0.1) is 5.56 Å². The van der Waals surface area contributed by atoms with Crippen molar-refractivity contribution in [2.45, 2.75) is 6.92 Å². The predicted octanol–water partition coefficient (Wildman–Crippen LogP) is 2.61. The summed E-state index contributed by atoms with van der Waals surface area (Å²) in [6.45, 7) is 4.88. The van der Waals surface area contributed by atoms with Gasteiger partial charge in [0.2, 0.25) is 5.89 Å². The molecule has 0 radical (unpaired) electrons. The molecule has 0 aliphatic carbocycles. The van der Waals surface area contributed by atoms with Gasteiger partial charge < -0.3 is 13.9 Å². The molecule has 1 aromatic heterocycles. The molecule has 0 bridgehead atoms. The van der Waals surface area contributed by atoms with Crippen LogP contribution >= 0.6 is 0 Å². The highest BCUT2D eigenvalue weighted by molar-refractivity contribution is 5.90. The third-order valence-corrected chi connectivity index (χ3v) is 2.41. The molecule has 0 unspecified atom stereocenters. The van der Waals surface area contributed by atoms with Crippen LogP contribution in [0.25, 0.3) is 11.5 Å². The Kier molecular flexibility index (Phi) is 4.50. The quantitative estimate of drug-likeness (QED) is 0.621. The van der Waals surface area contributed by atoms with E-state index in [0.717, 1.165) is 0 Å². The lowest BCUT2D eigenvalue weighted by atomic mass is 10.1. The topological polar surface area (TPSA) is 78.6 Å². The molecule has 21 heavy (non-hydrogen) atoms. The second-order valence-electron chi connectivity index (χ2n) is 4.05. The Balaban J connectivity index is 2.20. The molecule has 0 aliphatic heterocycles. The fraction of sp³-hybridized carbons (Fsp3) is 0.133. The summed E-state index contributed by atoms with van der Waals surface area (Å²) in [6, 6.07) is 6.59. The highest BCUT2D eigenvalue weighted by Crippen LogP contribution is 2.23. The summed E-state index contributed by atoms with van der Waals surface area (Å²) in [6.07, 6.45) is 2.71. The third-order valence-electron chi connectivity index (χ3n) is 2.41. The lowest BCUT2D eigenvalue weighted by Gasteiger charge is -2.02. The van der Waals surface area contributed by atoms with Crippen LogP contribution < -0.4 is 4.74 Å². The summed E-state index contributed by atoms with van der Waals surface area (Å²) in [7, 11) is 0. The van der Waals surface area contributed by atoms with Gasteiger partial charge in [-0.1, -0.05) is 18.7 Å². The summed E-state index contributed by atoms with van der Waals surface area (Å²) in [5.41, 5.74) is 0.933. The van der Waals surface area contributed by atoms with Crippen LogP contribution in [0.4, 0.5) is 0 Å². The first-order chi connectivity index (χ1) is 10.1. The number of esters is 2. The van der Waals surface area contributed by atoms with Crippen molar-refractivity contribution in [3.05, 3.63) is 48.7 Å². The zero-order chi connectivity index (χ0) is 15.2. The molecule has 0 fully saturated rings. The van der Waals surface area contributed by atoms with Gasteiger partial charge in [0, 0.05) is 12.5 Å². The van der Waals surface area contributed by atoms with E-state index in [1.807, 2.05) is 0 Å². The molecule has 0 aliphatic rings. The fourth-order valence-corrected chi connectivity index (χ4v) is 1.58. The minimum absolute atomic E-state index is 0.0668. The lowest BCUT2D eigenvalue weighted by molar-refractivity contribution is -0.132. The fourth-order valence-electron chi connectivity index (χ4n) is 1.58. The van der Waals surface area contributed by atoms with Crippen molar-refractivity contribution < 1.29 is 23.5 Å². The Labute approximate surface area is 121 Å². The smallest absolute Gasteiger partial charge is 0.338 e. The van der Waals surface area contributed by atoms with Crippen LogP contribution in [-0.2, 0) is 9.53 Å². The highest BCUT2D eigenvalue weighted by atomic mass is 16.6. The molecule has 1 heterocycles. The first-order valence-electron chi connectivity index (χ1n) is 6.12. The van der Waals surface area contributed by atoms with Gasteiger partial charge in [-0.15, -0.1) is 0 Å². The molecule has 108 valence electrons. The largest absolute Gasteiger partial charge is 0.458 e. The maximum Gasteiger partial charge on any atom is 0.338 e. The van der Waals surface area contributed by atoms with Crippen LogP contribution in [0, 0.1) is 0 Å². The van der Waals surface area contributed by atoms with E-state index in [9.17, 15) is 9.59 Å². The summed E-state index contributed by atoms with van der Waals surface area (Å²) in [4.78, 5) is 26.6. The normalized spacial score (nSPS) is 9.95. The number of oxazole rings is 1. The van der Waals surface area contributed by atoms with Gasteiger partial charge in [-0.3, -0.25) is 4.79 Å². The number of hydrogen-bond acceptors (Lipinski definition) is 6. The van der Waals surface area contributed by atoms with Crippen LogP contribution in [0.5, 0.6) is 5.88 Å². The average Bonchev–Trinajstić information content (AvgIpc) is 2.92. The molecule has 0 amide bonds. The zero-order valence-electron chi connectivity index (χ0n) is 11.4. The molecule has 2 rings (SSSR count). The SMILES string of the molecule is C=CCOC(=O)c1cccc(-c2nc(OC(C)=O)co2)c1. The van der Waals surface area contributed by atoms with Crippen LogP contribution in [-0.4, -0.2) is 23.5 Å². The van der Waals surface area contributed by atoms with Crippen molar-refractivity contribution >= 4 is 11.9 Å². The Hall–Kier alpha value is -2.89. The van der Waals surface area contributed by atoms with E-state index < -0.39 is 11.9 Å². The predicted molar refractivity (Wildman–Crippen MR) is 73.7 cm³/mol. The number of benzene rings is 1. The van der Waals surface area contributed by atoms with Crippen LogP contribution in [0.2, 0.25) is 0 Å². The van der Waals surface area contributed by atoms with E-state index in [0.29, 0.717) is 11.1 Å². The van der Waals surface area contributed by atoms with Crippen LogP contribution in [0.3, 0.4) is 0 Å². The second kappa shape index (κ2) is 6.51. The van der Waals surface area contributed by atoms with Gasteiger partial charge in [0.1, 0.15) is 6.61 Å². The zero-order valence-corrected chi connectivity index (χ0v) is 11.4. The molecular formula is C15H13NO5. The van der Waals surface area contributed by atoms with Crippen molar-refractivity contribution in [3.63, 3.8) is 0 Å². The van der Waals surface area contributed by atoms with Gasteiger partial charge in [-0.05, 0) is 18.2 Å². The first-order valence-corrected chi connectivity index (χ1v) is 6.12. The van der Waals surface area contributed by atoms with Gasteiger partial charge in [-0.25, -0.2) is 4.79 Å². The van der Waals surface area contributed by atoms with Gasteiger partial charge in [0.25, 0.3) is 5.88 Å². The number of nitrogens with zero attached hydrogens (tertiary/aromatic N) is 1. The highest BCUT2D eigenvalue weighted by Gasteiger charge is 2.12. The van der Waals surface area contributed by atoms with E-state index in [2.05, 4.69) is 11.6 Å². The molecule has 6 heteroatoms. The van der Waals surface area contributed by atoms with Gasteiger partial charge in [-0.2, -0.15) is 4.98 Å². The van der Waals surface area contributed by atoms with Gasteiger partial charge >= 0.3 is 11.9 Å². The minimum atomic E-state index is -0.489. The van der Waals surface area contributed by atoms with E-state index >= 15 is 0 Å². The Bertz CT molecular complexity index is 674. The number of hydrogen-bond donors (Lipinski definition) is 0. The van der Waals surface area contributed by atoms with Crippen molar-refractivity contribution in [1.29, 1.82) is 0 Å². The monoisotopic (exact) mass is 287 g/mol. The number of rotatable bonds is 5. The maximum absolute atomic E-state index is 11.7. The standard InChI is InChI=1S/C15H13NO5/c1-3-7-19-15(18)12-6-4-5-11(8-12)14-16-13(9-20-14)21-10(2)17/h3-6,8-9H,1,7H2,2H3. The van der Waals surface area contributed by atoms with Crippen molar-refractivity contribution in [1.82, 2.24) is 4.98 Å². The molecule has 1 aromatic carbocycles. The average molecular weight is 287 g/mol. The summed E-state index contributed by atoms with van der Waals surface area (Å²) in [5.74, 6) is -0.651. The Morgan fingerprint density at radius 1 is 1.43 bits per heavy atom. The Morgan fingerprint density at radius 2 is 2.24 bits per heavy atom. The molecule has 0 saturated heterocycles. The number of carbonyl (C=O) groups excluding carboxylic acids is 2. The van der Waals surface area contributed by atoms with E-state index in [4.69, 9.17) is 13.9 Å². The minimum Gasteiger partial charge on any atom is -0.458 e. The lowest BCUT2D eigenvalue weighted by Crippen LogP contribution is -2.05. The van der Waals surface area contributed by atoms with Crippen molar-refractivity contribution in [3.8, 4) is 17.3 Å². The Morgan fingerprint density at radius 3 is 2.95 bits per heavy atom. The first kappa shape index (κ1) is 14.5. The molecule has 6 nitrogen and oxygen atoms in total. The molecule has 0 atom stereocenters. The molecule has 0 N–H and O–H groups in total. The van der Waals surface area contributed by atoms with E-state index in [1.54, 1.807) is 24.3 Å². The second-order valence-corrected chi connectivity index (χ2v) is 4.05. The van der Waals surface area contributed by atoms with Crippen LogP contribution in [0.15, 0.2) is 47.6 Å². The van der Waals surface area contributed by atoms with E-state index in [-0.39, 0.29) is 18.4 Å². The van der Waals surface area contributed by atoms with E-state index in [1.165, 1.54) is 19.3 Å². The number of ether oxygens (including phenoxy) is 2.